The van der Waals surface area contributed by atoms with Crippen LogP contribution >= 0.6 is 0 Å². The molecule has 1 aromatic rings. The minimum absolute atomic E-state index is 0.0541. The molecule has 0 aromatic heterocycles. The third kappa shape index (κ3) is 2.97. The standard InChI is InChI=1S/C17H24N2O2/c1-19-11-14(21-2)10-15(19)16(20)18-12-17(8-9-17)13-6-4-3-5-7-13/h3-7,14-15H,8-12H2,1-2H3,(H,18,20)/t14-,15-/m0/s1. The van der Waals surface area contributed by atoms with Crippen molar-refractivity contribution in [3.63, 3.8) is 0 Å². The molecule has 4 heteroatoms. The number of rotatable bonds is 5. The van der Waals surface area contributed by atoms with E-state index in [4.69, 9.17) is 4.74 Å². The van der Waals surface area contributed by atoms with E-state index in [1.165, 1.54) is 18.4 Å². The quantitative estimate of drug-likeness (QED) is 0.894. The zero-order valence-electron chi connectivity index (χ0n) is 12.8. The number of hydrogen-bond acceptors (Lipinski definition) is 3. The lowest BCUT2D eigenvalue weighted by molar-refractivity contribution is -0.125. The summed E-state index contributed by atoms with van der Waals surface area (Å²) in [7, 11) is 3.71. The van der Waals surface area contributed by atoms with E-state index in [2.05, 4.69) is 34.5 Å². The average molecular weight is 288 g/mol. The summed E-state index contributed by atoms with van der Waals surface area (Å²) in [5.41, 5.74) is 1.52. The molecule has 0 radical (unpaired) electrons. The fourth-order valence-electron chi connectivity index (χ4n) is 3.31. The second kappa shape index (κ2) is 5.78. The van der Waals surface area contributed by atoms with Crippen LogP contribution in [0.2, 0.25) is 0 Å². The topological polar surface area (TPSA) is 41.6 Å². The van der Waals surface area contributed by atoms with E-state index in [0.29, 0.717) is 0 Å². The van der Waals surface area contributed by atoms with Gasteiger partial charge in [0.25, 0.3) is 0 Å². The van der Waals surface area contributed by atoms with Gasteiger partial charge in [-0.05, 0) is 31.9 Å². The minimum atomic E-state index is -0.0541. The van der Waals surface area contributed by atoms with Crippen molar-refractivity contribution in [2.75, 3.05) is 27.2 Å². The summed E-state index contributed by atoms with van der Waals surface area (Å²) in [5, 5.41) is 3.16. The van der Waals surface area contributed by atoms with Crippen molar-refractivity contribution >= 4 is 5.91 Å². The molecule has 1 amide bonds. The molecule has 0 bridgehead atoms. The highest BCUT2D eigenvalue weighted by atomic mass is 16.5. The zero-order valence-corrected chi connectivity index (χ0v) is 12.8. The van der Waals surface area contributed by atoms with Crippen LogP contribution in [0.15, 0.2) is 30.3 Å². The molecule has 1 aliphatic heterocycles. The van der Waals surface area contributed by atoms with E-state index in [1.807, 2.05) is 13.1 Å². The summed E-state index contributed by atoms with van der Waals surface area (Å²) in [6.45, 7) is 1.58. The van der Waals surface area contributed by atoms with Crippen molar-refractivity contribution in [2.24, 2.45) is 0 Å². The number of nitrogens with zero attached hydrogens (tertiary/aromatic N) is 1. The third-order valence-electron chi connectivity index (χ3n) is 4.99. The molecule has 1 saturated carbocycles. The maximum Gasteiger partial charge on any atom is 0.237 e. The molecular weight excluding hydrogens is 264 g/mol. The third-order valence-corrected chi connectivity index (χ3v) is 4.99. The number of methoxy groups -OCH3 is 1. The molecule has 1 heterocycles. The Bertz CT molecular complexity index is 499. The van der Waals surface area contributed by atoms with Gasteiger partial charge in [-0.25, -0.2) is 0 Å². The zero-order chi connectivity index (χ0) is 14.9. The fourth-order valence-corrected chi connectivity index (χ4v) is 3.31. The lowest BCUT2D eigenvalue weighted by Crippen LogP contribution is -2.44. The summed E-state index contributed by atoms with van der Waals surface area (Å²) in [4.78, 5) is 14.5. The minimum Gasteiger partial charge on any atom is -0.380 e. The Kier molecular flexibility index (Phi) is 4.00. The number of carbonyl (C=O) groups excluding carboxylic acids is 1. The van der Waals surface area contributed by atoms with E-state index in [1.54, 1.807) is 7.11 Å². The number of ether oxygens (including phenoxy) is 1. The van der Waals surface area contributed by atoms with E-state index in [-0.39, 0.29) is 23.5 Å². The van der Waals surface area contributed by atoms with Crippen LogP contribution in [0.5, 0.6) is 0 Å². The van der Waals surface area contributed by atoms with Gasteiger partial charge in [0, 0.05) is 25.6 Å². The van der Waals surface area contributed by atoms with Crippen LogP contribution in [0.25, 0.3) is 0 Å². The molecule has 0 spiro atoms. The Balaban J connectivity index is 1.57. The van der Waals surface area contributed by atoms with Crippen LogP contribution in [0.4, 0.5) is 0 Å². The second-order valence-electron chi connectivity index (χ2n) is 6.41. The van der Waals surface area contributed by atoms with Gasteiger partial charge in [-0.15, -0.1) is 0 Å². The van der Waals surface area contributed by atoms with Crippen molar-refractivity contribution in [3.8, 4) is 0 Å². The Morgan fingerprint density at radius 2 is 2.10 bits per heavy atom. The van der Waals surface area contributed by atoms with Crippen LogP contribution in [0.1, 0.15) is 24.8 Å². The number of nitrogens with one attached hydrogen (secondary N) is 1. The van der Waals surface area contributed by atoms with Crippen LogP contribution in [0.3, 0.4) is 0 Å². The smallest absolute Gasteiger partial charge is 0.237 e. The highest BCUT2D eigenvalue weighted by molar-refractivity contribution is 5.82. The Hall–Kier alpha value is -1.39. The number of benzene rings is 1. The van der Waals surface area contributed by atoms with Crippen LogP contribution in [-0.2, 0) is 14.9 Å². The molecule has 4 nitrogen and oxygen atoms in total. The average Bonchev–Trinajstić information content (AvgIpc) is 3.22. The van der Waals surface area contributed by atoms with E-state index >= 15 is 0 Å². The van der Waals surface area contributed by atoms with Gasteiger partial charge in [0.15, 0.2) is 0 Å². The lowest BCUT2D eigenvalue weighted by Gasteiger charge is -2.21. The van der Waals surface area contributed by atoms with Crippen LogP contribution in [0, 0.1) is 0 Å². The van der Waals surface area contributed by atoms with Gasteiger partial charge in [0.2, 0.25) is 5.91 Å². The van der Waals surface area contributed by atoms with Gasteiger partial charge in [0.05, 0.1) is 12.1 Å². The van der Waals surface area contributed by atoms with Gasteiger partial charge in [-0.1, -0.05) is 30.3 Å². The van der Waals surface area contributed by atoms with Crippen LogP contribution < -0.4 is 5.32 Å². The Morgan fingerprint density at radius 3 is 2.67 bits per heavy atom. The predicted octanol–water partition coefficient (Wildman–Crippen LogP) is 1.55. The number of likely N-dealkylation sites (tertiary alicyclic amines) is 1. The number of carbonyl (C=O) groups is 1. The molecule has 1 N–H and O–H groups in total. The number of hydrogen-bond donors (Lipinski definition) is 1. The first kappa shape index (κ1) is 14.5. The van der Waals surface area contributed by atoms with E-state index in [0.717, 1.165) is 19.5 Å². The molecule has 0 unspecified atom stereocenters. The van der Waals surface area contributed by atoms with Crippen molar-refractivity contribution in [2.45, 2.75) is 36.8 Å². The SMILES string of the molecule is CO[C@H]1C[C@@H](C(=O)NCC2(c3ccccc3)CC2)N(C)C1. The second-order valence-corrected chi connectivity index (χ2v) is 6.41. The summed E-state index contributed by atoms with van der Waals surface area (Å²) in [6, 6.07) is 10.5. The number of likely N-dealkylation sites (N-methyl/N-ethyl adjacent to an activating group) is 1. The highest BCUT2D eigenvalue weighted by Gasteiger charge is 2.45. The van der Waals surface area contributed by atoms with Crippen molar-refractivity contribution in [1.82, 2.24) is 10.2 Å². The maximum absolute atomic E-state index is 12.4. The molecule has 2 fully saturated rings. The van der Waals surface area contributed by atoms with Crippen LogP contribution in [-0.4, -0.2) is 50.2 Å². The summed E-state index contributed by atoms with van der Waals surface area (Å²) in [5.74, 6) is 0.138. The molecule has 2 aliphatic rings. The molecule has 114 valence electrons. The molecule has 3 rings (SSSR count). The first-order chi connectivity index (χ1) is 10.1. The highest BCUT2D eigenvalue weighted by Crippen LogP contribution is 2.47. The van der Waals surface area contributed by atoms with Gasteiger partial charge < -0.3 is 10.1 Å². The molecule has 1 aromatic carbocycles. The van der Waals surface area contributed by atoms with Crippen molar-refractivity contribution in [3.05, 3.63) is 35.9 Å². The molecule has 21 heavy (non-hydrogen) atoms. The van der Waals surface area contributed by atoms with Gasteiger partial charge in [-0.2, -0.15) is 0 Å². The van der Waals surface area contributed by atoms with E-state index in [9.17, 15) is 4.79 Å². The molecule has 1 saturated heterocycles. The van der Waals surface area contributed by atoms with Gasteiger partial charge in [0.1, 0.15) is 0 Å². The molecular formula is C17H24N2O2. The number of amides is 1. The Labute approximate surface area is 126 Å². The van der Waals surface area contributed by atoms with Gasteiger partial charge in [-0.3, -0.25) is 9.69 Å². The first-order valence-electron chi connectivity index (χ1n) is 7.71. The van der Waals surface area contributed by atoms with Crippen molar-refractivity contribution in [1.29, 1.82) is 0 Å². The largest absolute Gasteiger partial charge is 0.380 e. The molecule has 1 aliphatic carbocycles. The summed E-state index contributed by atoms with van der Waals surface area (Å²) >= 11 is 0. The normalized spacial score (nSPS) is 27.5. The Morgan fingerprint density at radius 1 is 1.38 bits per heavy atom. The lowest BCUT2D eigenvalue weighted by atomic mass is 9.96. The summed E-state index contributed by atoms with van der Waals surface area (Å²) < 4.78 is 5.37. The monoisotopic (exact) mass is 288 g/mol. The predicted molar refractivity (Wildman–Crippen MR) is 82.2 cm³/mol. The van der Waals surface area contributed by atoms with Gasteiger partial charge >= 0.3 is 0 Å². The first-order valence-corrected chi connectivity index (χ1v) is 7.71. The fraction of sp³-hybridized carbons (Fsp3) is 0.588. The van der Waals surface area contributed by atoms with Crippen molar-refractivity contribution < 1.29 is 9.53 Å². The summed E-state index contributed by atoms with van der Waals surface area (Å²) in [6.07, 6.45) is 3.29. The molecule has 2 atom stereocenters. The maximum atomic E-state index is 12.4. The van der Waals surface area contributed by atoms with E-state index < -0.39 is 0 Å².